The highest BCUT2D eigenvalue weighted by Crippen LogP contribution is 2.29. The van der Waals surface area contributed by atoms with Gasteiger partial charge in [0.2, 0.25) is 5.91 Å². The van der Waals surface area contributed by atoms with Crippen molar-refractivity contribution in [2.45, 2.75) is 84.0 Å². The first-order valence-electron chi connectivity index (χ1n) is 7.85. The Morgan fingerprint density at radius 1 is 1.19 bits per heavy atom. The predicted molar refractivity (Wildman–Crippen MR) is 82.6 cm³/mol. The second kappa shape index (κ2) is 6.88. The number of ketones is 1. The van der Waals surface area contributed by atoms with Gasteiger partial charge in [-0.25, -0.2) is 0 Å². The van der Waals surface area contributed by atoms with E-state index < -0.39 is 23.3 Å². The summed E-state index contributed by atoms with van der Waals surface area (Å²) in [4.78, 5) is 24.4. The predicted octanol–water partition coefficient (Wildman–Crippen LogP) is 1.91. The van der Waals surface area contributed by atoms with Gasteiger partial charge in [-0.3, -0.25) is 9.59 Å². The molecule has 1 fully saturated rings. The molecule has 1 rings (SSSR count). The van der Waals surface area contributed by atoms with Crippen molar-refractivity contribution >= 4 is 11.7 Å². The van der Waals surface area contributed by atoms with Gasteiger partial charge in [0.1, 0.15) is 6.10 Å². The molecule has 0 spiro atoms. The number of carbonyl (C=O) groups excluding carboxylic acids is 2. The van der Waals surface area contributed by atoms with Gasteiger partial charge in [-0.1, -0.05) is 40.0 Å². The van der Waals surface area contributed by atoms with E-state index in [0.717, 1.165) is 25.7 Å². The van der Waals surface area contributed by atoms with E-state index in [-0.39, 0.29) is 17.9 Å². The summed E-state index contributed by atoms with van der Waals surface area (Å²) in [5.74, 6) is -1.18. The SMILES string of the molecule is CC(OC1CCCCC1)C(=O)[C@](N)(CC(C)(C)C)C(N)=O. The summed E-state index contributed by atoms with van der Waals surface area (Å²) in [6.07, 6.45) is 4.99. The molecule has 0 bridgehead atoms. The number of nitrogens with two attached hydrogens (primary N) is 2. The third kappa shape index (κ3) is 5.08. The molecule has 1 aliphatic rings. The first-order valence-corrected chi connectivity index (χ1v) is 7.85. The molecule has 0 heterocycles. The van der Waals surface area contributed by atoms with Crippen LogP contribution in [0.2, 0.25) is 0 Å². The van der Waals surface area contributed by atoms with Gasteiger partial charge in [0.15, 0.2) is 11.3 Å². The lowest BCUT2D eigenvalue weighted by atomic mass is 9.76. The molecule has 1 unspecified atom stereocenters. The molecule has 2 atom stereocenters. The van der Waals surface area contributed by atoms with Gasteiger partial charge in [-0.15, -0.1) is 0 Å². The Hall–Kier alpha value is -0.940. The molecule has 4 N–H and O–H groups in total. The largest absolute Gasteiger partial charge is 0.368 e. The van der Waals surface area contributed by atoms with Crippen molar-refractivity contribution in [3.05, 3.63) is 0 Å². The molecule has 5 nitrogen and oxygen atoms in total. The van der Waals surface area contributed by atoms with Crippen LogP contribution in [0.15, 0.2) is 0 Å². The zero-order valence-electron chi connectivity index (χ0n) is 13.8. The van der Waals surface area contributed by atoms with Crippen LogP contribution in [0.5, 0.6) is 0 Å². The Morgan fingerprint density at radius 3 is 2.14 bits per heavy atom. The maximum Gasteiger partial charge on any atom is 0.245 e. The van der Waals surface area contributed by atoms with Crippen LogP contribution in [0.3, 0.4) is 0 Å². The van der Waals surface area contributed by atoms with Gasteiger partial charge < -0.3 is 16.2 Å². The molecule has 0 saturated heterocycles. The Balaban J connectivity index is 2.77. The van der Waals surface area contributed by atoms with Crippen molar-refractivity contribution in [3.8, 4) is 0 Å². The number of rotatable bonds is 6. The van der Waals surface area contributed by atoms with Crippen molar-refractivity contribution < 1.29 is 14.3 Å². The molecule has 0 aromatic heterocycles. The van der Waals surface area contributed by atoms with Gasteiger partial charge in [-0.05, 0) is 31.6 Å². The molecule has 0 aliphatic heterocycles. The van der Waals surface area contributed by atoms with Crippen molar-refractivity contribution in [2.24, 2.45) is 16.9 Å². The maximum atomic E-state index is 12.6. The number of hydrogen-bond donors (Lipinski definition) is 2. The smallest absolute Gasteiger partial charge is 0.245 e. The fraction of sp³-hybridized carbons (Fsp3) is 0.875. The minimum Gasteiger partial charge on any atom is -0.368 e. The van der Waals surface area contributed by atoms with Gasteiger partial charge in [0.05, 0.1) is 6.10 Å². The van der Waals surface area contributed by atoms with Gasteiger partial charge in [-0.2, -0.15) is 0 Å². The third-order valence-corrected chi connectivity index (χ3v) is 4.01. The van der Waals surface area contributed by atoms with Crippen molar-refractivity contribution in [3.63, 3.8) is 0 Å². The lowest BCUT2D eigenvalue weighted by molar-refractivity contribution is -0.146. The summed E-state index contributed by atoms with van der Waals surface area (Å²) in [6, 6.07) is 0. The quantitative estimate of drug-likeness (QED) is 0.732. The molecule has 1 amide bonds. The summed E-state index contributed by atoms with van der Waals surface area (Å²) >= 11 is 0. The first kappa shape index (κ1) is 18.1. The fourth-order valence-corrected chi connectivity index (χ4v) is 3.05. The Morgan fingerprint density at radius 2 is 1.71 bits per heavy atom. The fourth-order valence-electron chi connectivity index (χ4n) is 3.05. The molecule has 0 radical (unpaired) electrons. The van der Waals surface area contributed by atoms with Gasteiger partial charge in [0.25, 0.3) is 0 Å². The summed E-state index contributed by atoms with van der Waals surface area (Å²) in [5, 5.41) is 0. The van der Waals surface area contributed by atoms with E-state index in [1.54, 1.807) is 6.92 Å². The van der Waals surface area contributed by atoms with Crippen LogP contribution in [-0.2, 0) is 14.3 Å². The highest BCUT2D eigenvalue weighted by atomic mass is 16.5. The summed E-state index contributed by atoms with van der Waals surface area (Å²) in [5.41, 5.74) is 9.55. The summed E-state index contributed by atoms with van der Waals surface area (Å²) in [6.45, 7) is 7.45. The molecule has 1 aliphatic carbocycles. The zero-order chi connectivity index (χ0) is 16.3. The molecular weight excluding hydrogens is 268 g/mol. The monoisotopic (exact) mass is 298 g/mol. The van der Waals surface area contributed by atoms with Crippen molar-refractivity contribution in [2.75, 3.05) is 0 Å². The number of amides is 1. The topological polar surface area (TPSA) is 95.4 Å². The summed E-state index contributed by atoms with van der Waals surface area (Å²) < 4.78 is 5.83. The van der Waals surface area contributed by atoms with Crippen LogP contribution in [0.25, 0.3) is 0 Å². The Labute approximate surface area is 127 Å². The zero-order valence-corrected chi connectivity index (χ0v) is 13.8. The second-order valence-electron chi connectivity index (χ2n) is 7.48. The van der Waals surface area contributed by atoms with Crippen LogP contribution in [0.4, 0.5) is 0 Å². The van der Waals surface area contributed by atoms with Gasteiger partial charge in [0, 0.05) is 0 Å². The molecule has 0 aromatic carbocycles. The van der Waals surface area contributed by atoms with Gasteiger partial charge >= 0.3 is 0 Å². The minimum absolute atomic E-state index is 0.0875. The number of primary amides is 1. The molecule has 122 valence electrons. The van der Waals surface area contributed by atoms with E-state index in [0.29, 0.717) is 0 Å². The van der Waals surface area contributed by atoms with Crippen LogP contribution in [0.1, 0.15) is 66.2 Å². The second-order valence-corrected chi connectivity index (χ2v) is 7.48. The highest BCUT2D eigenvalue weighted by Gasteiger charge is 2.45. The first-order chi connectivity index (χ1) is 9.56. The highest BCUT2D eigenvalue weighted by molar-refractivity contribution is 6.11. The Bertz CT molecular complexity index is 383. The molecule has 21 heavy (non-hydrogen) atoms. The van der Waals surface area contributed by atoms with E-state index in [1.807, 2.05) is 20.8 Å². The van der Waals surface area contributed by atoms with E-state index in [2.05, 4.69) is 0 Å². The lowest BCUT2D eigenvalue weighted by Crippen LogP contribution is -2.62. The van der Waals surface area contributed by atoms with E-state index in [9.17, 15) is 9.59 Å². The Kier molecular flexibility index (Phi) is 5.93. The molecule has 0 aromatic rings. The summed E-state index contributed by atoms with van der Waals surface area (Å²) in [7, 11) is 0. The van der Waals surface area contributed by atoms with E-state index in [1.165, 1.54) is 6.42 Å². The number of hydrogen-bond acceptors (Lipinski definition) is 4. The van der Waals surface area contributed by atoms with Crippen LogP contribution in [-0.4, -0.2) is 29.4 Å². The van der Waals surface area contributed by atoms with Crippen LogP contribution in [0, 0.1) is 5.41 Å². The molecule has 5 heteroatoms. The van der Waals surface area contributed by atoms with Crippen LogP contribution < -0.4 is 11.5 Å². The average Bonchev–Trinajstić information content (AvgIpc) is 2.36. The van der Waals surface area contributed by atoms with Crippen molar-refractivity contribution in [1.29, 1.82) is 0 Å². The lowest BCUT2D eigenvalue weighted by Gasteiger charge is -2.34. The standard InChI is InChI=1S/C16H30N2O3/c1-11(21-12-8-6-5-7-9-12)13(19)16(18,14(17)20)10-15(2,3)4/h11-12H,5-10,18H2,1-4H3,(H2,17,20)/t11?,16-/m1/s1. The van der Waals surface area contributed by atoms with E-state index in [4.69, 9.17) is 16.2 Å². The number of carbonyl (C=O) groups is 2. The molecular formula is C16H30N2O3. The average molecular weight is 298 g/mol. The minimum atomic E-state index is -1.66. The van der Waals surface area contributed by atoms with Crippen molar-refractivity contribution in [1.82, 2.24) is 0 Å². The normalized spacial score (nSPS) is 21.6. The van der Waals surface area contributed by atoms with E-state index >= 15 is 0 Å². The molecule has 1 saturated carbocycles. The maximum absolute atomic E-state index is 12.6. The number of Topliss-reactive ketones (excluding diaryl/α,β-unsaturated/α-hetero) is 1. The number of ether oxygens (including phenoxy) is 1. The van der Waals surface area contributed by atoms with Crippen LogP contribution >= 0.6 is 0 Å². The third-order valence-electron chi connectivity index (χ3n) is 4.01.